The van der Waals surface area contributed by atoms with E-state index in [0.717, 1.165) is 51.4 Å². The van der Waals surface area contributed by atoms with E-state index in [2.05, 4.69) is 42.7 Å². The minimum Gasteiger partial charge on any atom is -0.480 e. The molecule has 4 N–H and O–H groups in total. The number of aliphatic carboxylic acids is 1. The molecule has 10 nitrogen and oxygen atoms in total. The predicted octanol–water partition coefficient (Wildman–Crippen LogP) is 9.97. The number of ether oxygens (including phenoxy) is 2. The molecule has 11 heteroatoms. The average molecular weight is 718 g/mol. The molecule has 0 amide bonds. The fraction of sp³-hybridized carbons (Fsp3) is 0.842. The highest BCUT2D eigenvalue weighted by atomic mass is 31.2. The Morgan fingerprint density at radius 1 is 0.653 bits per heavy atom. The van der Waals surface area contributed by atoms with Crippen molar-refractivity contribution in [3.8, 4) is 0 Å². The van der Waals surface area contributed by atoms with Gasteiger partial charge in [-0.3, -0.25) is 18.6 Å². The van der Waals surface area contributed by atoms with E-state index in [4.69, 9.17) is 24.8 Å². The third-order valence-corrected chi connectivity index (χ3v) is 9.18. The quantitative estimate of drug-likeness (QED) is 0.0245. The standard InChI is InChI=1S/C38H72NO9P/c1-3-5-7-9-11-13-14-15-16-17-18-19-20-21-22-23-24-26-28-30-37(40)48-35(32-45-31-29-27-25-12-10-8-6-4-2)33-46-49(43,44)47-34-36(39)38(41)42/h11,13,15-16,35-36H,3-10,12,14,17-34,39H2,1-2H3,(H,41,42)(H,43,44)/b13-11-,16-15-. The highest BCUT2D eigenvalue weighted by Crippen LogP contribution is 2.43. The Kier molecular flexibility index (Phi) is 33.8. The van der Waals surface area contributed by atoms with Crippen LogP contribution in [0.2, 0.25) is 0 Å². The summed E-state index contributed by atoms with van der Waals surface area (Å²) in [6.07, 6.45) is 35.2. The largest absolute Gasteiger partial charge is 0.480 e. The van der Waals surface area contributed by atoms with Crippen molar-refractivity contribution in [2.24, 2.45) is 5.73 Å². The van der Waals surface area contributed by atoms with Crippen LogP contribution in [0.5, 0.6) is 0 Å². The zero-order valence-electron chi connectivity index (χ0n) is 31.0. The molecule has 0 bridgehead atoms. The van der Waals surface area contributed by atoms with Gasteiger partial charge in [0.15, 0.2) is 0 Å². The van der Waals surface area contributed by atoms with E-state index >= 15 is 0 Å². The molecule has 288 valence electrons. The average Bonchev–Trinajstić information content (AvgIpc) is 3.07. The molecule has 3 unspecified atom stereocenters. The number of rotatable bonds is 37. The number of carbonyl (C=O) groups excluding carboxylic acids is 1. The smallest absolute Gasteiger partial charge is 0.472 e. The molecule has 3 atom stereocenters. The first-order valence-electron chi connectivity index (χ1n) is 19.4. The van der Waals surface area contributed by atoms with E-state index < -0.39 is 45.1 Å². The van der Waals surface area contributed by atoms with Crippen LogP contribution in [0.25, 0.3) is 0 Å². The Balaban J connectivity index is 4.19. The first kappa shape index (κ1) is 47.4. The summed E-state index contributed by atoms with van der Waals surface area (Å²) in [5.41, 5.74) is 5.33. The van der Waals surface area contributed by atoms with Gasteiger partial charge in [-0.1, -0.05) is 141 Å². The molecule has 0 spiro atoms. The second-order valence-electron chi connectivity index (χ2n) is 13.1. The number of esters is 1. The molecule has 0 aliphatic carbocycles. The molecular weight excluding hydrogens is 645 g/mol. The molecule has 0 heterocycles. The minimum absolute atomic E-state index is 0.0176. The lowest BCUT2D eigenvalue weighted by atomic mass is 10.1. The number of carboxylic acid groups (broad SMARTS) is 1. The summed E-state index contributed by atoms with van der Waals surface area (Å²) in [5, 5.41) is 8.85. The summed E-state index contributed by atoms with van der Waals surface area (Å²) in [5.74, 6) is -1.78. The van der Waals surface area contributed by atoms with Gasteiger partial charge in [0, 0.05) is 13.0 Å². The number of phosphoric acid groups is 1. The summed E-state index contributed by atoms with van der Waals surface area (Å²) in [6.45, 7) is 3.82. The third-order valence-electron chi connectivity index (χ3n) is 8.23. The maximum absolute atomic E-state index is 12.5. The molecule has 0 aromatic heterocycles. The second-order valence-corrected chi connectivity index (χ2v) is 14.5. The van der Waals surface area contributed by atoms with Gasteiger partial charge < -0.3 is 25.2 Å². The van der Waals surface area contributed by atoms with Gasteiger partial charge in [-0.2, -0.15) is 0 Å². The monoisotopic (exact) mass is 717 g/mol. The molecule has 0 rings (SSSR count). The maximum Gasteiger partial charge on any atom is 0.472 e. The van der Waals surface area contributed by atoms with Crippen molar-refractivity contribution in [1.29, 1.82) is 0 Å². The van der Waals surface area contributed by atoms with Crippen LogP contribution >= 0.6 is 7.82 Å². The van der Waals surface area contributed by atoms with Crippen molar-refractivity contribution in [1.82, 2.24) is 0 Å². The molecular formula is C38H72NO9P. The zero-order chi connectivity index (χ0) is 36.3. The van der Waals surface area contributed by atoms with Crippen molar-refractivity contribution >= 4 is 19.8 Å². The summed E-state index contributed by atoms with van der Waals surface area (Å²) in [6, 6.07) is -1.47. The Hall–Kier alpha value is -1.55. The zero-order valence-corrected chi connectivity index (χ0v) is 31.9. The normalized spacial score (nSPS) is 14.4. The van der Waals surface area contributed by atoms with Crippen LogP contribution in [-0.4, -0.2) is 60.5 Å². The van der Waals surface area contributed by atoms with E-state index in [0.29, 0.717) is 13.0 Å². The fourth-order valence-corrected chi connectivity index (χ4v) is 5.94. The molecule has 0 saturated heterocycles. The van der Waals surface area contributed by atoms with Gasteiger partial charge in [-0.25, -0.2) is 4.57 Å². The predicted molar refractivity (Wildman–Crippen MR) is 198 cm³/mol. The highest BCUT2D eigenvalue weighted by molar-refractivity contribution is 7.47. The minimum atomic E-state index is -4.60. The molecule has 0 aliphatic rings. The van der Waals surface area contributed by atoms with Gasteiger partial charge in [0.05, 0.1) is 19.8 Å². The van der Waals surface area contributed by atoms with Crippen LogP contribution < -0.4 is 5.73 Å². The molecule has 0 radical (unpaired) electrons. The number of carbonyl (C=O) groups is 2. The van der Waals surface area contributed by atoms with Gasteiger partial charge in [-0.05, 0) is 44.9 Å². The Morgan fingerprint density at radius 3 is 1.69 bits per heavy atom. The Morgan fingerprint density at radius 2 is 1.12 bits per heavy atom. The van der Waals surface area contributed by atoms with Crippen molar-refractivity contribution in [2.75, 3.05) is 26.4 Å². The second kappa shape index (κ2) is 34.9. The Labute approximate surface area is 298 Å². The summed E-state index contributed by atoms with van der Waals surface area (Å²) >= 11 is 0. The van der Waals surface area contributed by atoms with Crippen LogP contribution in [0.4, 0.5) is 0 Å². The summed E-state index contributed by atoms with van der Waals surface area (Å²) in [4.78, 5) is 33.3. The molecule has 0 aromatic carbocycles. The van der Waals surface area contributed by atoms with Crippen LogP contribution in [-0.2, 0) is 32.7 Å². The van der Waals surface area contributed by atoms with Crippen LogP contribution in [0.1, 0.15) is 168 Å². The molecule has 49 heavy (non-hydrogen) atoms. The maximum atomic E-state index is 12.5. The van der Waals surface area contributed by atoms with Crippen LogP contribution in [0.15, 0.2) is 24.3 Å². The van der Waals surface area contributed by atoms with Gasteiger partial charge in [0.2, 0.25) is 0 Å². The summed E-state index contributed by atoms with van der Waals surface area (Å²) in [7, 11) is -4.60. The molecule has 0 aromatic rings. The number of phosphoric ester groups is 1. The third kappa shape index (κ3) is 34.7. The number of hydrogen-bond donors (Lipinski definition) is 3. The number of allylic oxidation sites excluding steroid dienone is 4. The lowest BCUT2D eigenvalue weighted by Crippen LogP contribution is -2.34. The van der Waals surface area contributed by atoms with Crippen molar-refractivity contribution in [2.45, 2.75) is 180 Å². The van der Waals surface area contributed by atoms with E-state index in [9.17, 15) is 19.0 Å². The van der Waals surface area contributed by atoms with Crippen molar-refractivity contribution in [3.63, 3.8) is 0 Å². The van der Waals surface area contributed by atoms with E-state index in [1.54, 1.807) is 0 Å². The van der Waals surface area contributed by atoms with E-state index in [-0.39, 0.29) is 13.0 Å². The van der Waals surface area contributed by atoms with Gasteiger partial charge in [0.25, 0.3) is 0 Å². The first-order chi connectivity index (χ1) is 23.7. The number of unbranched alkanes of at least 4 members (excludes halogenated alkanes) is 19. The lowest BCUT2D eigenvalue weighted by molar-refractivity contribution is -0.154. The van der Waals surface area contributed by atoms with Crippen LogP contribution in [0, 0.1) is 0 Å². The molecule has 0 saturated carbocycles. The number of carboxylic acids is 1. The number of hydrogen-bond acceptors (Lipinski definition) is 8. The van der Waals surface area contributed by atoms with Gasteiger partial charge in [-0.15, -0.1) is 0 Å². The van der Waals surface area contributed by atoms with E-state index in [1.807, 2.05) is 0 Å². The summed E-state index contributed by atoms with van der Waals surface area (Å²) < 4.78 is 33.1. The lowest BCUT2D eigenvalue weighted by Gasteiger charge is -2.20. The molecule has 0 fully saturated rings. The van der Waals surface area contributed by atoms with E-state index in [1.165, 1.54) is 89.9 Å². The Bertz CT molecular complexity index is 883. The first-order valence-corrected chi connectivity index (χ1v) is 20.9. The van der Waals surface area contributed by atoms with Crippen LogP contribution in [0.3, 0.4) is 0 Å². The van der Waals surface area contributed by atoms with Gasteiger partial charge in [0.1, 0.15) is 12.1 Å². The number of nitrogens with two attached hydrogens (primary N) is 1. The SMILES string of the molecule is CCCCC/C=C\C/C=C\CCCCCCCCCCCC(=O)OC(COCCCCCCCCCC)COP(=O)(O)OCC(N)C(=O)O. The molecule has 0 aliphatic heterocycles. The highest BCUT2D eigenvalue weighted by Gasteiger charge is 2.27. The topological polar surface area (TPSA) is 155 Å². The van der Waals surface area contributed by atoms with Gasteiger partial charge >= 0.3 is 19.8 Å². The fourth-order valence-electron chi connectivity index (χ4n) is 5.16. The van der Waals surface area contributed by atoms with Crippen molar-refractivity contribution in [3.05, 3.63) is 24.3 Å². The van der Waals surface area contributed by atoms with Crippen molar-refractivity contribution < 1.29 is 42.7 Å².